The van der Waals surface area contributed by atoms with Gasteiger partial charge < -0.3 is 14.6 Å². The predicted octanol–water partition coefficient (Wildman–Crippen LogP) is 2.75. The zero-order valence-electron chi connectivity index (χ0n) is 13.3. The van der Waals surface area contributed by atoms with Gasteiger partial charge in [0.05, 0.1) is 12.7 Å². The van der Waals surface area contributed by atoms with Crippen LogP contribution < -0.4 is 4.74 Å². The first kappa shape index (κ1) is 16.3. The van der Waals surface area contributed by atoms with Gasteiger partial charge >= 0.3 is 0 Å². The smallest absolute Gasteiger partial charge is 0.123 e. The van der Waals surface area contributed by atoms with Gasteiger partial charge in [-0.2, -0.15) is 0 Å². The lowest BCUT2D eigenvalue weighted by Crippen LogP contribution is -2.36. The standard InChI is InChI=1S/C17H27NO3/c1-4-21-17-6-5-14(13(2)19)11-15(17)12-18(3)16-7-9-20-10-8-16/h5-6,11,13,16,19H,4,7-10,12H2,1-3H3. The second kappa shape index (κ2) is 7.78. The summed E-state index contributed by atoms with van der Waals surface area (Å²) in [5.74, 6) is 0.917. The zero-order chi connectivity index (χ0) is 15.2. The normalized spacial score (nSPS) is 18.0. The van der Waals surface area contributed by atoms with Crippen LogP contribution in [0, 0.1) is 0 Å². The van der Waals surface area contributed by atoms with E-state index in [0.717, 1.165) is 49.5 Å². The SMILES string of the molecule is CCOc1ccc(C(C)O)cc1CN(C)C1CCOCC1. The Labute approximate surface area is 127 Å². The van der Waals surface area contributed by atoms with Crippen LogP contribution in [-0.4, -0.2) is 42.9 Å². The molecule has 4 heteroatoms. The highest BCUT2D eigenvalue weighted by atomic mass is 16.5. The molecule has 1 aromatic carbocycles. The van der Waals surface area contributed by atoms with Gasteiger partial charge in [-0.1, -0.05) is 6.07 Å². The lowest BCUT2D eigenvalue weighted by Gasteiger charge is -2.31. The first-order chi connectivity index (χ1) is 10.1. The molecule has 0 saturated carbocycles. The molecule has 4 nitrogen and oxygen atoms in total. The van der Waals surface area contributed by atoms with E-state index < -0.39 is 6.10 Å². The molecular weight excluding hydrogens is 266 g/mol. The van der Waals surface area contributed by atoms with E-state index in [0.29, 0.717) is 12.6 Å². The first-order valence-electron chi connectivity index (χ1n) is 7.83. The fourth-order valence-corrected chi connectivity index (χ4v) is 2.80. The van der Waals surface area contributed by atoms with Gasteiger partial charge in [0.2, 0.25) is 0 Å². The minimum Gasteiger partial charge on any atom is -0.494 e. The van der Waals surface area contributed by atoms with Crippen LogP contribution in [0.3, 0.4) is 0 Å². The summed E-state index contributed by atoms with van der Waals surface area (Å²) in [6.07, 6.45) is 1.71. The van der Waals surface area contributed by atoms with E-state index in [4.69, 9.17) is 9.47 Å². The van der Waals surface area contributed by atoms with E-state index in [2.05, 4.69) is 18.0 Å². The summed E-state index contributed by atoms with van der Waals surface area (Å²) in [4.78, 5) is 2.37. The Morgan fingerprint density at radius 2 is 2.10 bits per heavy atom. The maximum absolute atomic E-state index is 9.78. The number of hydrogen-bond donors (Lipinski definition) is 1. The molecule has 0 aromatic heterocycles. The van der Waals surface area contributed by atoms with Gasteiger partial charge in [0.25, 0.3) is 0 Å². The van der Waals surface area contributed by atoms with Crippen molar-refractivity contribution >= 4 is 0 Å². The molecule has 1 N–H and O–H groups in total. The summed E-state index contributed by atoms with van der Waals surface area (Å²) < 4.78 is 11.2. The highest BCUT2D eigenvalue weighted by Gasteiger charge is 2.20. The monoisotopic (exact) mass is 293 g/mol. The Balaban J connectivity index is 2.13. The molecule has 1 aliphatic heterocycles. The third-order valence-electron chi connectivity index (χ3n) is 4.10. The molecule has 0 aliphatic carbocycles. The van der Waals surface area contributed by atoms with Crippen LogP contribution in [-0.2, 0) is 11.3 Å². The van der Waals surface area contributed by atoms with Crippen molar-refractivity contribution in [1.82, 2.24) is 4.90 Å². The molecular formula is C17H27NO3. The molecule has 1 saturated heterocycles. The lowest BCUT2D eigenvalue weighted by molar-refractivity contribution is 0.0404. The van der Waals surface area contributed by atoms with Crippen molar-refractivity contribution in [3.05, 3.63) is 29.3 Å². The molecule has 0 radical (unpaired) electrons. The highest BCUT2D eigenvalue weighted by molar-refractivity contribution is 5.38. The summed E-state index contributed by atoms with van der Waals surface area (Å²) in [7, 11) is 2.15. The molecule has 0 spiro atoms. The Bertz CT molecular complexity index is 442. The maximum atomic E-state index is 9.78. The van der Waals surface area contributed by atoms with E-state index in [1.54, 1.807) is 6.92 Å². The van der Waals surface area contributed by atoms with Gasteiger partial charge in [0.15, 0.2) is 0 Å². The largest absolute Gasteiger partial charge is 0.494 e. The summed E-state index contributed by atoms with van der Waals surface area (Å²) in [6, 6.07) is 6.53. The molecule has 1 aromatic rings. The molecule has 2 rings (SSSR count). The number of aliphatic hydroxyl groups excluding tert-OH is 1. The van der Waals surface area contributed by atoms with Crippen molar-refractivity contribution < 1.29 is 14.6 Å². The summed E-state index contributed by atoms with van der Waals surface area (Å²) in [6.45, 7) is 6.97. The number of benzene rings is 1. The van der Waals surface area contributed by atoms with Gasteiger partial charge in [-0.05, 0) is 51.4 Å². The summed E-state index contributed by atoms with van der Waals surface area (Å²) >= 11 is 0. The third kappa shape index (κ3) is 4.43. The molecule has 0 amide bonds. The van der Waals surface area contributed by atoms with Crippen LogP contribution in [0.15, 0.2) is 18.2 Å². The number of aliphatic hydroxyl groups is 1. The quantitative estimate of drug-likeness (QED) is 0.875. The van der Waals surface area contributed by atoms with Crippen molar-refractivity contribution in [2.24, 2.45) is 0 Å². The van der Waals surface area contributed by atoms with E-state index in [9.17, 15) is 5.11 Å². The van der Waals surface area contributed by atoms with Crippen LogP contribution in [0.4, 0.5) is 0 Å². The van der Waals surface area contributed by atoms with Gasteiger partial charge in [-0.3, -0.25) is 4.90 Å². The van der Waals surface area contributed by atoms with E-state index in [1.807, 2.05) is 19.1 Å². The fourth-order valence-electron chi connectivity index (χ4n) is 2.80. The topological polar surface area (TPSA) is 41.9 Å². The van der Waals surface area contributed by atoms with E-state index in [-0.39, 0.29) is 0 Å². The van der Waals surface area contributed by atoms with E-state index in [1.165, 1.54) is 0 Å². The Morgan fingerprint density at radius 1 is 1.38 bits per heavy atom. The number of nitrogens with zero attached hydrogens (tertiary/aromatic N) is 1. The Morgan fingerprint density at radius 3 is 2.71 bits per heavy atom. The average molecular weight is 293 g/mol. The molecule has 21 heavy (non-hydrogen) atoms. The van der Waals surface area contributed by atoms with Crippen molar-refractivity contribution in [3.63, 3.8) is 0 Å². The predicted molar refractivity (Wildman–Crippen MR) is 83.6 cm³/mol. The number of rotatable bonds is 6. The third-order valence-corrected chi connectivity index (χ3v) is 4.10. The summed E-state index contributed by atoms with van der Waals surface area (Å²) in [5.41, 5.74) is 2.08. The molecule has 1 fully saturated rings. The number of hydrogen-bond acceptors (Lipinski definition) is 4. The van der Waals surface area contributed by atoms with Gasteiger partial charge in [0, 0.05) is 31.4 Å². The Kier molecular flexibility index (Phi) is 6.03. The molecule has 0 bridgehead atoms. The van der Waals surface area contributed by atoms with Gasteiger partial charge in [-0.15, -0.1) is 0 Å². The van der Waals surface area contributed by atoms with Crippen LogP contribution in [0.2, 0.25) is 0 Å². The van der Waals surface area contributed by atoms with Crippen LogP contribution >= 0.6 is 0 Å². The fraction of sp³-hybridized carbons (Fsp3) is 0.647. The van der Waals surface area contributed by atoms with Gasteiger partial charge in [-0.25, -0.2) is 0 Å². The van der Waals surface area contributed by atoms with Crippen LogP contribution in [0.1, 0.15) is 43.9 Å². The van der Waals surface area contributed by atoms with Crippen molar-refractivity contribution in [2.45, 2.75) is 45.4 Å². The average Bonchev–Trinajstić information content (AvgIpc) is 2.50. The van der Waals surface area contributed by atoms with Crippen molar-refractivity contribution in [3.8, 4) is 5.75 Å². The first-order valence-corrected chi connectivity index (χ1v) is 7.83. The van der Waals surface area contributed by atoms with E-state index >= 15 is 0 Å². The molecule has 1 unspecified atom stereocenters. The van der Waals surface area contributed by atoms with Crippen LogP contribution in [0.5, 0.6) is 5.75 Å². The minimum atomic E-state index is -0.451. The second-order valence-electron chi connectivity index (χ2n) is 5.73. The number of ether oxygens (including phenoxy) is 2. The molecule has 1 heterocycles. The molecule has 1 aliphatic rings. The lowest BCUT2D eigenvalue weighted by atomic mass is 10.0. The second-order valence-corrected chi connectivity index (χ2v) is 5.73. The zero-order valence-corrected chi connectivity index (χ0v) is 13.3. The summed E-state index contributed by atoms with van der Waals surface area (Å²) in [5, 5.41) is 9.78. The molecule has 1 atom stereocenters. The minimum absolute atomic E-state index is 0.451. The van der Waals surface area contributed by atoms with Crippen LogP contribution in [0.25, 0.3) is 0 Å². The van der Waals surface area contributed by atoms with Crippen molar-refractivity contribution in [2.75, 3.05) is 26.9 Å². The van der Waals surface area contributed by atoms with Crippen molar-refractivity contribution in [1.29, 1.82) is 0 Å². The molecule has 118 valence electrons. The van der Waals surface area contributed by atoms with Gasteiger partial charge in [0.1, 0.15) is 5.75 Å². The highest BCUT2D eigenvalue weighted by Crippen LogP contribution is 2.26. The Hall–Kier alpha value is -1.10. The maximum Gasteiger partial charge on any atom is 0.123 e.